The second-order valence-electron chi connectivity index (χ2n) is 2.57. The van der Waals surface area contributed by atoms with Gasteiger partial charge in [-0.2, -0.15) is 0 Å². The van der Waals surface area contributed by atoms with Crippen molar-refractivity contribution in [3.63, 3.8) is 0 Å². The van der Waals surface area contributed by atoms with Crippen LogP contribution in [0.3, 0.4) is 0 Å². The number of aromatic nitrogens is 2. The zero-order valence-corrected chi connectivity index (χ0v) is 14.1. The Bertz CT molecular complexity index is 472. The molecule has 2 nitrogen and oxygen atoms in total. The Morgan fingerprint density at radius 3 is 2.00 bits per heavy atom. The van der Waals surface area contributed by atoms with Crippen molar-refractivity contribution in [2.45, 2.75) is 0 Å². The van der Waals surface area contributed by atoms with Crippen molar-refractivity contribution < 1.29 is 0 Å². The lowest BCUT2D eigenvalue weighted by molar-refractivity contribution is 1.13. The van der Waals surface area contributed by atoms with E-state index in [1.165, 1.54) is 0 Å². The maximum Gasteiger partial charge on any atom is 0.171 e. The Labute approximate surface area is 124 Å². The molecule has 0 saturated heterocycles. The van der Waals surface area contributed by atoms with Crippen LogP contribution >= 0.6 is 75.1 Å². The van der Waals surface area contributed by atoms with E-state index < -0.39 is 0 Å². The molecule has 0 fully saturated rings. The fourth-order valence-electron chi connectivity index (χ4n) is 0.957. The second kappa shape index (κ2) is 4.91. The van der Waals surface area contributed by atoms with Crippen molar-refractivity contribution in [1.82, 2.24) is 9.97 Å². The molecular formula is C8H2Br4N2S. The Morgan fingerprint density at radius 2 is 1.53 bits per heavy atom. The molecule has 0 aliphatic heterocycles. The molecule has 2 aromatic rings. The molecule has 2 aromatic heterocycles. The Hall–Kier alpha value is 0.700. The molecule has 2 heterocycles. The third-order valence-electron chi connectivity index (χ3n) is 1.53. The topological polar surface area (TPSA) is 25.8 Å². The molecule has 0 bridgehead atoms. The second-order valence-corrected chi connectivity index (χ2v) is 7.42. The third-order valence-corrected chi connectivity index (χ3v) is 5.59. The van der Waals surface area contributed by atoms with E-state index in [0.29, 0.717) is 5.82 Å². The van der Waals surface area contributed by atoms with E-state index in [2.05, 4.69) is 73.7 Å². The van der Waals surface area contributed by atoms with Gasteiger partial charge in [-0.05, 0) is 69.8 Å². The van der Waals surface area contributed by atoms with Crippen molar-refractivity contribution in [3.05, 3.63) is 29.6 Å². The average Bonchev–Trinajstić information content (AvgIpc) is 2.45. The van der Waals surface area contributed by atoms with Gasteiger partial charge in [0.2, 0.25) is 0 Å². The molecule has 0 N–H and O–H groups in total. The van der Waals surface area contributed by atoms with E-state index in [-0.39, 0.29) is 0 Å². The summed E-state index contributed by atoms with van der Waals surface area (Å²) >= 11 is 15.1. The lowest BCUT2D eigenvalue weighted by Gasteiger charge is -1.97. The van der Waals surface area contributed by atoms with Crippen molar-refractivity contribution in [2.75, 3.05) is 0 Å². The maximum atomic E-state index is 4.30. The molecule has 78 valence electrons. The molecule has 7 heteroatoms. The van der Waals surface area contributed by atoms with Gasteiger partial charge in [0, 0.05) is 10.5 Å². The summed E-state index contributed by atoms with van der Waals surface area (Å²) in [5.74, 6) is 0.702. The lowest BCUT2D eigenvalue weighted by Crippen LogP contribution is -1.87. The summed E-state index contributed by atoms with van der Waals surface area (Å²) in [5.41, 5.74) is 0. The predicted molar refractivity (Wildman–Crippen MR) is 76.1 cm³/mol. The third kappa shape index (κ3) is 2.88. The number of halogens is 4. The summed E-state index contributed by atoms with van der Waals surface area (Å²) in [7, 11) is 0. The number of hydrogen-bond donors (Lipinski definition) is 0. The minimum atomic E-state index is 0.702. The number of thiophene rings is 1. The normalized spacial score (nSPS) is 10.7. The highest BCUT2D eigenvalue weighted by molar-refractivity contribution is 9.13. The summed E-state index contributed by atoms with van der Waals surface area (Å²) in [4.78, 5) is 9.62. The molecule has 0 amide bonds. The average molecular weight is 478 g/mol. The molecule has 2 rings (SSSR count). The highest BCUT2D eigenvalue weighted by Gasteiger charge is 2.10. The summed E-state index contributed by atoms with van der Waals surface area (Å²) in [5, 5.41) is 0. The Kier molecular flexibility index (Phi) is 3.98. The van der Waals surface area contributed by atoms with Crippen LogP contribution in [0.1, 0.15) is 0 Å². The summed E-state index contributed by atoms with van der Waals surface area (Å²) in [6.45, 7) is 0. The Balaban J connectivity index is 2.53. The monoisotopic (exact) mass is 474 g/mol. The van der Waals surface area contributed by atoms with Gasteiger partial charge in [0.25, 0.3) is 0 Å². The highest BCUT2D eigenvalue weighted by atomic mass is 79.9. The van der Waals surface area contributed by atoms with Crippen molar-refractivity contribution in [1.29, 1.82) is 0 Å². The van der Waals surface area contributed by atoms with Gasteiger partial charge < -0.3 is 0 Å². The van der Waals surface area contributed by atoms with Crippen LogP contribution in [0.4, 0.5) is 0 Å². The lowest BCUT2D eigenvalue weighted by atomic mass is 10.4. The van der Waals surface area contributed by atoms with Crippen LogP contribution in [0, 0.1) is 0 Å². The van der Waals surface area contributed by atoms with Gasteiger partial charge in [-0.15, -0.1) is 11.3 Å². The fourth-order valence-corrected chi connectivity index (χ4v) is 4.00. The van der Waals surface area contributed by atoms with Gasteiger partial charge >= 0.3 is 0 Å². The summed E-state index contributed by atoms with van der Waals surface area (Å²) in [6.07, 6.45) is 0. The SMILES string of the molecule is Brc1cc(Br)nc(-c2cc(Br)c(Br)s2)n1. The van der Waals surface area contributed by atoms with Crippen LogP contribution in [0.25, 0.3) is 10.7 Å². The van der Waals surface area contributed by atoms with E-state index in [4.69, 9.17) is 0 Å². The molecule has 0 unspecified atom stereocenters. The number of nitrogens with zero attached hydrogens (tertiary/aromatic N) is 2. The smallest absolute Gasteiger partial charge is 0.171 e. The fraction of sp³-hybridized carbons (Fsp3) is 0. The molecular weight excluding hydrogens is 476 g/mol. The van der Waals surface area contributed by atoms with Crippen molar-refractivity contribution >= 4 is 75.1 Å². The number of rotatable bonds is 1. The van der Waals surface area contributed by atoms with Gasteiger partial charge in [0.1, 0.15) is 9.21 Å². The van der Waals surface area contributed by atoms with Crippen LogP contribution in [-0.2, 0) is 0 Å². The van der Waals surface area contributed by atoms with Gasteiger partial charge in [-0.1, -0.05) is 0 Å². The van der Waals surface area contributed by atoms with E-state index in [0.717, 1.165) is 22.3 Å². The van der Waals surface area contributed by atoms with Gasteiger partial charge in [-0.3, -0.25) is 0 Å². The van der Waals surface area contributed by atoms with E-state index >= 15 is 0 Å². The molecule has 15 heavy (non-hydrogen) atoms. The molecule has 0 aliphatic carbocycles. The van der Waals surface area contributed by atoms with E-state index in [1.54, 1.807) is 17.4 Å². The van der Waals surface area contributed by atoms with E-state index in [1.807, 2.05) is 6.07 Å². The van der Waals surface area contributed by atoms with Crippen LogP contribution in [-0.4, -0.2) is 9.97 Å². The van der Waals surface area contributed by atoms with Crippen molar-refractivity contribution in [3.8, 4) is 10.7 Å². The van der Waals surface area contributed by atoms with Gasteiger partial charge in [0.05, 0.1) is 8.66 Å². The van der Waals surface area contributed by atoms with Crippen LogP contribution < -0.4 is 0 Å². The quantitative estimate of drug-likeness (QED) is 0.524. The first-order chi connectivity index (χ1) is 7.06. The van der Waals surface area contributed by atoms with Crippen LogP contribution in [0.2, 0.25) is 0 Å². The Morgan fingerprint density at radius 1 is 0.933 bits per heavy atom. The minimum absolute atomic E-state index is 0.702. The maximum absolute atomic E-state index is 4.30. The molecule has 0 aromatic carbocycles. The zero-order valence-electron chi connectivity index (χ0n) is 6.97. The summed E-state index contributed by atoms with van der Waals surface area (Å²) in [6, 6.07) is 3.80. The van der Waals surface area contributed by atoms with Gasteiger partial charge in [-0.25, -0.2) is 9.97 Å². The standard InChI is InChI=1S/C8H2Br4N2S/c9-3-1-4(15-7(3)12)8-13-5(10)2-6(11)14-8/h1-2H. The molecule has 0 atom stereocenters. The molecule has 0 aliphatic rings. The largest absolute Gasteiger partial charge is 0.220 e. The van der Waals surface area contributed by atoms with Crippen LogP contribution in [0.5, 0.6) is 0 Å². The van der Waals surface area contributed by atoms with Crippen molar-refractivity contribution in [2.24, 2.45) is 0 Å². The first kappa shape index (κ1) is 12.2. The minimum Gasteiger partial charge on any atom is -0.220 e. The molecule has 0 radical (unpaired) electrons. The number of hydrogen-bond acceptors (Lipinski definition) is 3. The first-order valence-electron chi connectivity index (χ1n) is 3.71. The first-order valence-corrected chi connectivity index (χ1v) is 7.70. The zero-order chi connectivity index (χ0) is 11.0. The van der Waals surface area contributed by atoms with Gasteiger partial charge in [0.15, 0.2) is 5.82 Å². The molecule has 0 saturated carbocycles. The predicted octanol–water partition coefficient (Wildman–Crippen LogP) is 5.26. The van der Waals surface area contributed by atoms with Crippen LogP contribution in [0.15, 0.2) is 29.6 Å². The molecule has 0 spiro atoms. The van der Waals surface area contributed by atoms with E-state index in [9.17, 15) is 0 Å². The summed E-state index contributed by atoms with van der Waals surface area (Å²) < 4.78 is 3.58. The highest BCUT2D eigenvalue weighted by Crippen LogP contribution is 2.37.